The van der Waals surface area contributed by atoms with E-state index in [1.807, 2.05) is 13.0 Å². The minimum atomic E-state index is -3.65. The Bertz CT molecular complexity index is 788. The second kappa shape index (κ2) is 8.60. The number of hydrogen-bond acceptors (Lipinski definition) is 5. The third kappa shape index (κ3) is 5.12. The van der Waals surface area contributed by atoms with Crippen molar-refractivity contribution in [3.63, 3.8) is 0 Å². The highest BCUT2D eigenvalue weighted by atomic mass is 32.2. The highest BCUT2D eigenvalue weighted by molar-refractivity contribution is 7.92. The molecule has 0 aliphatic carbocycles. The number of anilines is 1. The number of aryl methyl sites for hydroxylation is 1. The molecule has 27 heavy (non-hydrogen) atoms. The van der Waals surface area contributed by atoms with Crippen LogP contribution >= 0.6 is 0 Å². The van der Waals surface area contributed by atoms with Gasteiger partial charge in [0.1, 0.15) is 6.04 Å². The number of sulfonamides is 1. The molecule has 150 valence electrons. The summed E-state index contributed by atoms with van der Waals surface area (Å²) in [5.41, 5.74) is 1.37. The van der Waals surface area contributed by atoms with Crippen LogP contribution in [0.1, 0.15) is 19.4 Å². The van der Waals surface area contributed by atoms with Gasteiger partial charge in [-0.25, -0.2) is 13.2 Å². The molecule has 0 spiro atoms. The van der Waals surface area contributed by atoms with Gasteiger partial charge in [0.25, 0.3) is 0 Å². The smallest absolute Gasteiger partial charge is 0.409 e. The van der Waals surface area contributed by atoms with Crippen LogP contribution < -0.4 is 4.31 Å². The average molecular weight is 397 g/mol. The maximum Gasteiger partial charge on any atom is 0.409 e. The van der Waals surface area contributed by atoms with E-state index >= 15 is 0 Å². The fourth-order valence-electron chi connectivity index (χ4n) is 3.16. The first-order valence-corrected chi connectivity index (χ1v) is 10.8. The molecule has 9 heteroatoms. The summed E-state index contributed by atoms with van der Waals surface area (Å²) in [5, 5.41) is 0. The van der Waals surface area contributed by atoms with Crippen LogP contribution in [0.15, 0.2) is 24.3 Å². The standard InChI is InChI=1S/C18H27N3O5S/c1-5-26-18(23)20-11-9-19(10-12-20)17(22)15(3)21(27(4,24)25)16-8-6-7-14(2)13-16/h6-8,13,15H,5,9-12H2,1-4H3/t15-/m0/s1. The normalized spacial score (nSPS) is 16.0. The zero-order chi connectivity index (χ0) is 20.2. The van der Waals surface area contributed by atoms with E-state index in [4.69, 9.17) is 4.74 Å². The molecule has 1 aromatic carbocycles. The van der Waals surface area contributed by atoms with Crippen LogP contribution in [0.4, 0.5) is 10.5 Å². The number of hydrogen-bond donors (Lipinski definition) is 0. The highest BCUT2D eigenvalue weighted by Crippen LogP contribution is 2.23. The molecule has 1 aliphatic heterocycles. The molecule has 8 nitrogen and oxygen atoms in total. The first-order chi connectivity index (χ1) is 12.6. The van der Waals surface area contributed by atoms with Gasteiger partial charge in [-0.2, -0.15) is 0 Å². The first kappa shape index (κ1) is 21.0. The summed E-state index contributed by atoms with van der Waals surface area (Å²) < 4.78 is 30.9. The zero-order valence-electron chi connectivity index (χ0n) is 16.2. The molecule has 0 unspecified atom stereocenters. The Balaban J connectivity index is 2.13. The SMILES string of the molecule is CCOC(=O)N1CCN(C(=O)[C@H](C)N(c2cccc(C)c2)S(C)(=O)=O)CC1. The Hall–Kier alpha value is -2.29. The van der Waals surface area contributed by atoms with Gasteiger partial charge in [0.2, 0.25) is 15.9 Å². The molecule has 1 atom stereocenters. The molecule has 0 aromatic heterocycles. The maximum absolute atomic E-state index is 12.9. The van der Waals surface area contributed by atoms with Gasteiger partial charge in [-0.3, -0.25) is 9.10 Å². The largest absolute Gasteiger partial charge is 0.450 e. The fraction of sp³-hybridized carbons (Fsp3) is 0.556. The van der Waals surface area contributed by atoms with Crippen molar-refractivity contribution in [2.45, 2.75) is 26.8 Å². The zero-order valence-corrected chi connectivity index (χ0v) is 17.0. The molecule has 0 saturated carbocycles. The summed E-state index contributed by atoms with van der Waals surface area (Å²) in [4.78, 5) is 27.8. The Morgan fingerprint density at radius 3 is 2.30 bits per heavy atom. The van der Waals surface area contributed by atoms with Crippen LogP contribution in [-0.2, 0) is 19.6 Å². The van der Waals surface area contributed by atoms with Crippen molar-refractivity contribution in [3.8, 4) is 0 Å². The summed E-state index contributed by atoms with van der Waals surface area (Å²) in [6.07, 6.45) is 0.702. The molecule has 1 aliphatic rings. The van der Waals surface area contributed by atoms with Crippen LogP contribution in [0.3, 0.4) is 0 Å². The maximum atomic E-state index is 12.9. The molecule has 1 heterocycles. The van der Waals surface area contributed by atoms with Crippen molar-refractivity contribution in [2.75, 3.05) is 43.3 Å². The van der Waals surface area contributed by atoms with E-state index in [9.17, 15) is 18.0 Å². The van der Waals surface area contributed by atoms with Crippen molar-refractivity contribution in [1.82, 2.24) is 9.80 Å². The van der Waals surface area contributed by atoms with Crippen molar-refractivity contribution in [3.05, 3.63) is 29.8 Å². The molecule has 1 aromatic rings. The molecular formula is C18H27N3O5S. The van der Waals surface area contributed by atoms with E-state index in [0.29, 0.717) is 38.5 Å². The van der Waals surface area contributed by atoms with Crippen molar-refractivity contribution in [1.29, 1.82) is 0 Å². The van der Waals surface area contributed by atoms with Gasteiger partial charge in [0.15, 0.2) is 0 Å². The lowest BCUT2D eigenvalue weighted by molar-refractivity contribution is -0.133. The summed E-state index contributed by atoms with van der Waals surface area (Å²) in [5.74, 6) is -0.287. The van der Waals surface area contributed by atoms with Gasteiger partial charge in [0.05, 0.1) is 18.6 Å². The third-order valence-electron chi connectivity index (χ3n) is 4.44. The number of benzene rings is 1. The Kier molecular flexibility index (Phi) is 6.69. The summed E-state index contributed by atoms with van der Waals surface area (Å²) >= 11 is 0. The van der Waals surface area contributed by atoms with Crippen LogP contribution in [0.2, 0.25) is 0 Å². The molecular weight excluding hydrogens is 370 g/mol. The molecule has 0 radical (unpaired) electrons. The topological polar surface area (TPSA) is 87.2 Å². The van der Waals surface area contributed by atoms with Crippen LogP contribution in [0.25, 0.3) is 0 Å². The number of nitrogens with zero attached hydrogens (tertiary/aromatic N) is 3. The number of ether oxygens (including phenoxy) is 1. The minimum absolute atomic E-state index is 0.287. The van der Waals surface area contributed by atoms with Crippen LogP contribution in [0.5, 0.6) is 0 Å². The molecule has 2 amide bonds. The lowest BCUT2D eigenvalue weighted by Crippen LogP contribution is -2.56. The number of rotatable bonds is 5. The van der Waals surface area contributed by atoms with Crippen LogP contribution in [0, 0.1) is 6.92 Å². The average Bonchev–Trinajstić information content (AvgIpc) is 2.60. The van der Waals surface area contributed by atoms with E-state index in [0.717, 1.165) is 16.1 Å². The van der Waals surface area contributed by atoms with E-state index in [2.05, 4.69) is 0 Å². The van der Waals surface area contributed by atoms with Crippen molar-refractivity contribution in [2.24, 2.45) is 0 Å². The summed E-state index contributed by atoms with van der Waals surface area (Å²) in [7, 11) is -3.65. The fourth-order valence-corrected chi connectivity index (χ4v) is 4.32. The van der Waals surface area contributed by atoms with Crippen molar-refractivity contribution >= 4 is 27.7 Å². The van der Waals surface area contributed by atoms with E-state index in [1.54, 1.807) is 41.8 Å². The second-order valence-electron chi connectivity index (χ2n) is 6.59. The van der Waals surface area contributed by atoms with E-state index < -0.39 is 22.2 Å². The molecule has 1 saturated heterocycles. The Morgan fingerprint density at radius 1 is 1.19 bits per heavy atom. The van der Waals surface area contributed by atoms with Crippen LogP contribution in [-0.4, -0.2) is 75.3 Å². The van der Waals surface area contributed by atoms with Gasteiger partial charge < -0.3 is 14.5 Å². The molecule has 0 bridgehead atoms. The summed E-state index contributed by atoms with van der Waals surface area (Å²) in [6.45, 7) is 6.90. The quantitative estimate of drug-likeness (QED) is 0.751. The number of carbonyl (C=O) groups is 2. The second-order valence-corrected chi connectivity index (χ2v) is 8.44. The molecule has 0 N–H and O–H groups in total. The lowest BCUT2D eigenvalue weighted by atomic mass is 10.2. The van der Waals surface area contributed by atoms with Gasteiger partial charge in [0, 0.05) is 26.2 Å². The van der Waals surface area contributed by atoms with Gasteiger partial charge in [-0.1, -0.05) is 12.1 Å². The highest BCUT2D eigenvalue weighted by Gasteiger charge is 2.34. The third-order valence-corrected chi connectivity index (χ3v) is 5.68. The predicted molar refractivity (Wildman–Crippen MR) is 103 cm³/mol. The Morgan fingerprint density at radius 2 is 1.78 bits per heavy atom. The lowest BCUT2D eigenvalue weighted by Gasteiger charge is -2.37. The van der Waals surface area contributed by atoms with E-state index in [1.165, 1.54) is 0 Å². The number of amides is 2. The van der Waals surface area contributed by atoms with Crippen molar-refractivity contribution < 1.29 is 22.7 Å². The van der Waals surface area contributed by atoms with E-state index in [-0.39, 0.29) is 5.91 Å². The monoisotopic (exact) mass is 397 g/mol. The first-order valence-electron chi connectivity index (χ1n) is 8.91. The molecule has 2 rings (SSSR count). The number of carbonyl (C=O) groups excluding carboxylic acids is 2. The number of piperazine rings is 1. The van der Waals surface area contributed by atoms with Gasteiger partial charge in [-0.15, -0.1) is 0 Å². The molecule has 1 fully saturated rings. The summed E-state index contributed by atoms with van der Waals surface area (Å²) in [6, 6.07) is 6.17. The predicted octanol–water partition coefficient (Wildman–Crippen LogP) is 1.45. The minimum Gasteiger partial charge on any atom is -0.450 e. The van der Waals surface area contributed by atoms with Gasteiger partial charge >= 0.3 is 6.09 Å². The Labute approximate surface area is 160 Å². The van der Waals surface area contributed by atoms with Gasteiger partial charge in [-0.05, 0) is 38.5 Å².